The molecule has 0 saturated carbocycles. The highest BCUT2D eigenvalue weighted by molar-refractivity contribution is 5.92. The number of benzene rings is 1. The number of ether oxygens (including phenoxy) is 1. The second kappa shape index (κ2) is 8.57. The van der Waals surface area contributed by atoms with E-state index >= 15 is 0 Å². The molecule has 1 heterocycles. The smallest absolute Gasteiger partial charge is 0.192 e. The number of rotatable bonds is 7. The van der Waals surface area contributed by atoms with E-state index in [1.807, 2.05) is 24.3 Å². The minimum absolute atomic E-state index is 0.0304. The molecule has 0 radical (unpaired) electrons. The fourth-order valence-electron chi connectivity index (χ4n) is 3.02. The van der Waals surface area contributed by atoms with Gasteiger partial charge >= 0.3 is 0 Å². The van der Waals surface area contributed by atoms with Gasteiger partial charge in [-0.1, -0.05) is 5.57 Å². The summed E-state index contributed by atoms with van der Waals surface area (Å²) in [6, 6.07) is 5.56. The highest BCUT2D eigenvalue weighted by Crippen LogP contribution is 2.28. The number of nitrogens with one attached hydrogen (secondary N) is 1. The van der Waals surface area contributed by atoms with Gasteiger partial charge in [0, 0.05) is 30.5 Å². The fraction of sp³-hybridized carbons (Fsp3) is 0.316. The van der Waals surface area contributed by atoms with Crippen LogP contribution in [0.1, 0.15) is 18.7 Å². The SMILES string of the molecule is COC1=C(O)CCC(Cc2nc(N=C(N)N)c3ccc(NCCO)cc3n2)=C1. The van der Waals surface area contributed by atoms with Crippen LogP contribution in [0, 0.1) is 0 Å². The lowest BCUT2D eigenvalue weighted by Gasteiger charge is -2.16. The summed E-state index contributed by atoms with van der Waals surface area (Å²) < 4.78 is 5.20. The van der Waals surface area contributed by atoms with Gasteiger partial charge in [-0.15, -0.1) is 0 Å². The first-order chi connectivity index (χ1) is 13.5. The van der Waals surface area contributed by atoms with Crippen LogP contribution in [-0.2, 0) is 11.2 Å². The Bertz CT molecular complexity index is 964. The van der Waals surface area contributed by atoms with E-state index in [1.165, 1.54) is 7.11 Å². The molecule has 1 aromatic carbocycles. The molecule has 7 N–H and O–H groups in total. The van der Waals surface area contributed by atoms with Crippen molar-refractivity contribution in [2.24, 2.45) is 16.5 Å². The van der Waals surface area contributed by atoms with Crippen molar-refractivity contribution >= 4 is 28.4 Å². The van der Waals surface area contributed by atoms with Crippen LogP contribution >= 0.6 is 0 Å². The van der Waals surface area contributed by atoms with Crippen LogP contribution in [0.3, 0.4) is 0 Å². The summed E-state index contributed by atoms with van der Waals surface area (Å²) in [5.41, 5.74) is 13.7. The van der Waals surface area contributed by atoms with Crippen LogP contribution in [-0.4, -0.2) is 46.4 Å². The van der Waals surface area contributed by atoms with Gasteiger partial charge in [0.15, 0.2) is 17.5 Å². The molecular formula is C19H24N6O3. The molecular weight excluding hydrogens is 360 g/mol. The Morgan fingerprint density at radius 2 is 2.11 bits per heavy atom. The van der Waals surface area contributed by atoms with Gasteiger partial charge in [0.1, 0.15) is 11.6 Å². The Hall–Kier alpha value is -3.33. The van der Waals surface area contributed by atoms with E-state index in [-0.39, 0.29) is 18.3 Å². The third kappa shape index (κ3) is 4.49. The molecule has 0 amide bonds. The summed E-state index contributed by atoms with van der Waals surface area (Å²) in [7, 11) is 1.52. The molecule has 0 atom stereocenters. The molecule has 3 rings (SSSR count). The number of hydrogen-bond acceptors (Lipinski definition) is 7. The van der Waals surface area contributed by atoms with Gasteiger partial charge < -0.3 is 31.7 Å². The summed E-state index contributed by atoms with van der Waals surface area (Å²) in [5.74, 6) is 1.58. The average molecular weight is 384 g/mol. The van der Waals surface area contributed by atoms with Gasteiger partial charge in [0.05, 0.1) is 19.2 Å². The van der Waals surface area contributed by atoms with Gasteiger partial charge in [-0.25, -0.2) is 9.97 Å². The van der Waals surface area contributed by atoms with Crippen molar-refractivity contribution in [3.8, 4) is 0 Å². The number of nitrogens with zero attached hydrogens (tertiary/aromatic N) is 3. The second-order valence-electron chi connectivity index (χ2n) is 6.38. The summed E-state index contributed by atoms with van der Waals surface area (Å²) in [4.78, 5) is 13.3. The lowest BCUT2D eigenvalue weighted by atomic mass is 9.99. The number of aliphatic hydroxyl groups excluding tert-OH is 2. The van der Waals surface area contributed by atoms with E-state index in [0.29, 0.717) is 48.7 Å². The number of aliphatic hydroxyl groups is 2. The Morgan fingerprint density at radius 3 is 2.82 bits per heavy atom. The van der Waals surface area contributed by atoms with Crippen LogP contribution in [0.25, 0.3) is 10.9 Å². The number of methoxy groups -OCH3 is 1. The molecule has 1 aliphatic carbocycles. The number of allylic oxidation sites excluding steroid dienone is 3. The first-order valence-corrected chi connectivity index (χ1v) is 8.90. The maximum Gasteiger partial charge on any atom is 0.192 e. The number of fused-ring (bicyclic) bond motifs is 1. The first kappa shape index (κ1) is 19.4. The molecule has 148 valence electrons. The number of aliphatic imine (C=N–C) groups is 1. The molecule has 0 fully saturated rings. The van der Waals surface area contributed by atoms with Crippen molar-refractivity contribution in [2.75, 3.05) is 25.6 Å². The quantitative estimate of drug-likeness (QED) is 0.357. The highest BCUT2D eigenvalue weighted by Gasteiger charge is 2.16. The van der Waals surface area contributed by atoms with Crippen molar-refractivity contribution in [3.63, 3.8) is 0 Å². The van der Waals surface area contributed by atoms with Crippen LogP contribution in [0.4, 0.5) is 11.5 Å². The average Bonchev–Trinajstić information content (AvgIpc) is 2.67. The normalized spacial score (nSPS) is 14.0. The summed E-state index contributed by atoms with van der Waals surface area (Å²) in [6.07, 6.45) is 3.50. The lowest BCUT2D eigenvalue weighted by Crippen LogP contribution is -2.22. The Labute approximate surface area is 162 Å². The van der Waals surface area contributed by atoms with E-state index in [0.717, 1.165) is 16.6 Å². The van der Waals surface area contributed by atoms with E-state index in [1.54, 1.807) is 0 Å². The summed E-state index contributed by atoms with van der Waals surface area (Å²) >= 11 is 0. The van der Waals surface area contributed by atoms with Crippen molar-refractivity contribution in [2.45, 2.75) is 19.3 Å². The number of guanidine groups is 1. The molecule has 1 aliphatic rings. The summed E-state index contributed by atoms with van der Waals surface area (Å²) in [5, 5.41) is 22.7. The first-order valence-electron chi connectivity index (χ1n) is 8.90. The summed E-state index contributed by atoms with van der Waals surface area (Å²) in [6.45, 7) is 0.468. The molecule has 0 unspecified atom stereocenters. The number of nitrogens with two attached hydrogens (primary N) is 2. The van der Waals surface area contributed by atoms with E-state index < -0.39 is 0 Å². The largest absolute Gasteiger partial charge is 0.508 e. The molecule has 2 aromatic rings. The predicted molar refractivity (Wildman–Crippen MR) is 108 cm³/mol. The van der Waals surface area contributed by atoms with Crippen LogP contribution in [0.15, 0.2) is 46.4 Å². The number of aromatic nitrogens is 2. The van der Waals surface area contributed by atoms with Crippen LogP contribution < -0.4 is 16.8 Å². The molecule has 0 bridgehead atoms. The van der Waals surface area contributed by atoms with Gasteiger partial charge in [-0.3, -0.25) is 0 Å². The third-order valence-electron chi connectivity index (χ3n) is 4.31. The topological polar surface area (TPSA) is 152 Å². The van der Waals surface area contributed by atoms with Crippen molar-refractivity contribution in [1.29, 1.82) is 0 Å². The molecule has 1 aromatic heterocycles. The fourth-order valence-corrected chi connectivity index (χ4v) is 3.02. The van der Waals surface area contributed by atoms with Gasteiger partial charge in [0.2, 0.25) is 0 Å². The second-order valence-corrected chi connectivity index (χ2v) is 6.38. The van der Waals surface area contributed by atoms with Crippen molar-refractivity contribution in [1.82, 2.24) is 9.97 Å². The minimum atomic E-state index is -0.0835. The zero-order valence-corrected chi connectivity index (χ0v) is 15.6. The molecule has 0 spiro atoms. The number of hydrogen-bond donors (Lipinski definition) is 5. The molecule has 28 heavy (non-hydrogen) atoms. The Kier molecular flexibility index (Phi) is 5.95. The van der Waals surface area contributed by atoms with Gasteiger partial charge in [-0.2, -0.15) is 4.99 Å². The zero-order chi connectivity index (χ0) is 20.1. The Balaban J connectivity index is 2.00. The molecule has 9 heteroatoms. The van der Waals surface area contributed by atoms with E-state index in [4.69, 9.17) is 21.3 Å². The maximum absolute atomic E-state index is 9.85. The number of anilines is 1. The van der Waals surface area contributed by atoms with Gasteiger partial charge in [0.25, 0.3) is 0 Å². The zero-order valence-electron chi connectivity index (χ0n) is 15.6. The highest BCUT2D eigenvalue weighted by atomic mass is 16.5. The standard InChI is InChI=1S/C19H24N6O3/c1-28-16-8-11(2-5-15(16)27)9-17-23-14-10-12(22-6-7-26)3-4-13(14)18(24-17)25-19(20)21/h3-4,8,10,22,26-27H,2,5-7,9H2,1H3,(H4,20,21,23,24,25). The third-order valence-corrected chi connectivity index (χ3v) is 4.31. The minimum Gasteiger partial charge on any atom is -0.508 e. The van der Waals surface area contributed by atoms with Crippen LogP contribution in [0.2, 0.25) is 0 Å². The van der Waals surface area contributed by atoms with Crippen molar-refractivity contribution < 1.29 is 14.9 Å². The maximum atomic E-state index is 9.85. The molecule has 0 aliphatic heterocycles. The Morgan fingerprint density at radius 1 is 1.29 bits per heavy atom. The predicted octanol–water partition coefficient (Wildman–Crippen LogP) is 1.62. The van der Waals surface area contributed by atoms with Crippen LogP contribution in [0.5, 0.6) is 0 Å². The van der Waals surface area contributed by atoms with Gasteiger partial charge in [-0.05, 0) is 30.7 Å². The molecule has 0 saturated heterocycles. The lowest BCUT2D eigenvalue weighted by molar-refractivity contribution is 0.257. The van der Waals surface area contributed by atoms with Crippen molar-refractivity contribution in [3.05, 3.63) is 47.2 Å². The monoisotopic (exact) mass is 384 g/mol. The molecule has 9 nitrogen and oxygen atoms in total. The van der Waals surface area contributed by atoms with E-state index in [2.05, 4.69) is 20.3 Å². The van der Waals surface area contributed by atoms with E-state index in [9.17, 15) is 5.11 Å².